The Morgan fingerprint density at radius 2 is 2.08 bits per heavy atom. The zero-order valence-electron chi connectivity index (χ0n) is 6.86. The molecular formula is C10H9FO. The Balaban J connectivity index is 2.71. The number of Topliss-reactive ketones (excluding diaryl/α,β-unsaturated/α-hetero) is 1. The second kappa shape index (κ2) is 2.41. The van der Waals surface area contributed by atoms with E-state index in [2.05, 4.69) is 0 Å². The third-order valence-electron chi connectivity index (χ3n) is 2.39. The van der Waals surface area contributed by atoms with Gasteiger partial charge in [-0.2, -0.15) is 0 Å². The number of benzene rings is 1. The summed E-state index contributed by atoms with van der Waals surface area (Å²) >= 11 is 0. The molecule has 0 unspecified atom stereocenters. The summed E-state index contributed by atoms with van der Waals surface area (Å²) in [6, 6.07) is 3.15. The van der Waals surface area contributed by atoms with Crippen molar-refractivity contribution >= 4 is 5.78 Å². The molecule has 1 nitrogen and oxygen atoms in total. The average Bonchev–Trinajstić information content (AvgIpc) is 2.41. The first-order valence-electron chi connectivity index (χ1n) is 4.01. The highest BCUT2D eigenvalue weighted by Crippen LogP contribution is 2.26. The Kier molecular flexibility index (Phi) is 1.50. The van der Waals surface area contributed by atoms with Crippen molar-refractivity contribution in [3.8, 4) is 0 Å². The van der Waals surface area contributed by atoms with Crippen LogP contribution in [0, 0.1) is 12.7 Å². The molecule has 0 saturated carbocycles. The van der Waals surface area contributed by atoms with Crippen LogP contribution < -0.4 is 0 Å². The molecule has 0 fully saturated rings. The van der Waals surface area contributed by atoms with Crippen molar-refractivity contribution < 1.29 is 9.18 Å². The molecule has 1 aliphatic carbocycles. The van der Waals surface area contributed by atoms with E-state index in [1.54, 1.807) is 13.0 Å². The van der Waals surface area contributed by atoms with Crippen LogP contribution in [0.1, 0.15) is 27.9 Å². The van der Waals surface area contributed by atoms with E-state index in [0.29, 0.717) is 17.5 Å². The SMILES string of the molecule is Cc1c(F)ccc2c1C(=O)CC2. The fourth-order valence-electron chi connectivity index (χ4n) is 1.71. The van der Waals surface area contributed by atoms with Gasteiger partial charge in [0.25, 0.3) is 0 Å². The molecule has 2 rings (SSSR count). The first-order valence-corrected chi connectivity index (χ1v) is 4.01. The van der Waals surface area contributed by atoms with Crippen molar-refractivity contribution in [2.45, 2.75) is 19.8 Å². The van der Waals surface area contributed by atoms with Crippen LogP contribution in [0.5, 0.6) is 0 Å². The molecule has 1 aliphatic rings. The third-order valence-corrected chi connectivity index (χ3v) is 2.39. The van der Waals surface area contributed by atoms with E-state index >= 15 is 0 Å². The molecule has 1 aromatic carbocycles. The highest BCUT2D eigenvalue weighted by molar-refractivity contribution is 6.01. The number of carbonyl (C=O) groups excluding carboxylic acids is 1. The summed E-state index contributed by atoms with van der Waals surface area (Å²) in [7, 11) is 0. The summed E-state index contributed by atoms with van der Waals surface area (Å²) in [5, 5.41) is 0. The lowest BCUT2D eigenvalue weighted by atomic mass is 10.0. The van der Waals surface area contributed by atoms with E-state index < -0.39 is 0 Å². The number of rotatable bonds is 0. The number of carbonyl (C=O) groups is 1. The molecule has 0 radical (unpaired) electrons. The second-order valence-corrected chi connectivity index (χ2v) is 3.13. The Hall–Kier alpha value is -1.18. The molecule has 1 aromatic rings. The minimum atomic E-state index is -0.274. The molecule has 0 spiro atoms. The van der Waals surface area contributed by atoms with Crippen molar-refractivity contribution in [2.75, 3.05) is 0 Å². The third kappa shape index (κ3) is 0.876. The maximum atomic E-state index is 13.0. The molecule has 0 bridgehead atoms. The van der Waals surface area contributed by atoms with Crippen molar-refractivity contribution in [1.29, 1.82) is 0 Å². The molecule has 0 atom stereocenters. The monoisotopic (exact) mass is 164 g/mol. The highest BCUT2D eigenvalue weighted by Gasteiger charge is 2.22. The van der Waals surface area contributed by atoms with Gasteiger partial charge in [-0.25, -0.2) is 4.39 Å². The second-order valence-electron chi connectivity index (χ2n) is 3.13. The van der Waals surface area contributed by atoms with Gasteiger partial charge in [-0.15, -0.1) is 0 Å². The van der Waals surface area contributed by atoms with Crippen LogP contribution in [-0.2, 0) is 6.42 Å². The minimum Gasteiger partial charge on any atom is -0.294 e. The summed E-state index contributed by atoms with van der Waals surface area (Å²) in [6.07, 6.45) is 1.31. The van der Waals surface area contributed by atoms with Crippen LogP contribution in [0.3, 0.4) is 0 Å². The maximum Gasteiger partial charge on any atom is 0.163 e. The predicted molar refractivity (Wildman–Crippen MR) is 43.8 cm³/mol. The Morgan fingerprint density at radius 1 is 1.33 bits per heavy atom. The zero-order valence-corrected chi connectivity index (χ0v) is 6.86. The highest BCUT2D eigenvalue weighted by atomic mass is 19.1. The topological polar surface area (TPSA) is 17.1 Å². The van der Waals surface area contributed by atoms with E-state index in [1.165, 1.54) is 6.07 Å². The molecule has 0 amide bonds. The molecular weight excluding hydrogens is 155 g/mol. The molecule has 0 heterocycles. The van der Waals surface area contributed by atoms with Crippen LogP contribution in [-0.4, -0.2) is 5.78 Å². The molecule has 62 valence electrons. The van der Waals surface area contributed by atoms with E-state index in [0.717, 1.165) is 12.0 Å². The summed E-state index contributed by atoms with van der Waals surface area (Å²) in [5.41, 5.74) is 2.13. The van der Waals surface area contributed by atoms with Crippen LogP contribution >= 0.6 is 0 Å². The van der Waals surface area contributed by atoms with Gasteiger partial charge in [-0.1, -0.05) is 6.07 Å². The summed E-state index contributed by atoms with van der Waals surface area (Å²) in [6.45, 7) is 1.66. The zero-order chi connectivity index (χ0) is 8.72. The minimum absolute atomic E-state index is 0.0852. The van der Waals surface area contributed by atoms with Crippen molar-refractivity contribution in [2.24, 2.45) is 0 Å². The quantitative estimate of drug-likeness (QED) is 0.574. The number of aryl methyl sites for hydroxylation is 1. The normalized spacial score (nSPS) is 15.0. The molecule has 12 heavy (non-hydrogen) atoms. The van der Waals surface area contributed by atoms with Gasteiger partial charge in [0.05, 0.1) is 0 Å². The lowest BCUT2D eigenvalue weighted by Gasteiger charge is -2.02. The Labute approximate surface area is 70.2 Å². The maximum absolute atomic E-state index is 13.0. The van der Waals surface area contributed by atoms with Crippen LogP contribution in [0.2, 0.25) is 0 Å². The first-order chi connectivity index (χ1) is 5.70. The van der Waals surface area contributed by atoms with Crippen molar-refractivity contribution in [3.63, 3.8) is 0 Å². The molecule has 0 saturated heterocycles. The number of hydrogen-bond donors (Lipinski definition) is 0. The lowest BCUT2D eigenvalue weighted by Crippen LogP contribution is -1.97. The van der Waals surface area contributed by atoms with Gasteiger partial charge in [-0.05, 0) is 30.5 Å². The Morgan fingerprint density at radius 3 is 2.83 bits per heavy atom. The van der Waals surface area contributed by atoms with E-state index in [9.17, 15) is 9.18 Å². The predicted octanol–water partition coefficient (Wildman–Crippen LogP) is 2.26. The first kappa shape index (κ1) is 7.47. The summed E-state index contributed by atoms with van der Waals surface area (Å²) < 4.78 is 13.0. The van der Waals surface area contributed by atoms with Gasteiger partial charge >= 0.3 is 0 Å². The van der Waals surface area contributed by atoms with Gasteiger partial charge in [0, 0.05) is 12.0 Å². The standard InChI is InChI=1S/C10H9FO/c1-6-8(11)4-2-7-3-5-9(12)10(6)7/h2,4H,3,5H2,1H3. The van der Waals surface area contributed by atoms with Gasteiger partial charge in [0.15, 0.2) is 5.78 Å². The Bertz CT molecular complexity index is 355. The van der Waals surface area contributed by atoms with Crippen LogP contribution in [0.15, 0.2) is 12.1 Å². The smallest absolute Gasteiger partial charge is 0.163 e. The summed E-state index contributed by atoms with van der Waals surface area (Å²) in [4.78, 5) is 11.3. The number of hydrogen-bond acceptors (Lipinski definition) is 1. The van der Waals surface area contributed by atoms with E-state index in [1.807, 2.05) is 0 Å². The van der Waals surface area contributed by atoms with Crippen LogP contribution in [0.25, 0.3) is 0 Å². The van der Waals surface area contributed by atoms with Crippen LogP contribution in [0.4, 0.5) is 4.39 Å². The van der Waals surface area contributed by atoms with Gasteiger partial charge in [0.2, 0.25) is 0 Å². The molecule has 0 N–H and O–H groups in total. The fourth-order valence-corrected chi connectivity index (χ4v) is 1.71. The van der Waals surface area contributed by atoms with Gasteiger partial charge in [0.1, 0.15) is 5.82 Å². The average molecular weight is 164 g/mol. The molecule has 0 aliphatic heterocycles. The summed E-state index contributed by atoms with van der Waals surface area (Å²) in [5.74, 6) is -0.189. The van der Waals surface area contributed by atoms with Crippen molar-refractivity contribution in [3.05, 3.63) is 34.6 Å². The van der Waals surface area contributed by atoms with E-state index in [-0.39, 0.29) is 11.6 Å². The molecule has 0 aromatic heterocycles. The van der Waals surface area contributed by atoms with Gasteiger partial charge < -0.3 is 0 Å². The number of fused-ring (bicyclic) bond motifs is 1. The van der Waals surface area contributed by atoms with Crippen molar-refractivity contribution in [1.82, 2.24) is 0 Å². The van der Waals surface area contributed by atoms with E-state index in [4.69, 9.17) is 0 Å². The number of ketones is 1. The molecule has 2 heteroatoms. The van der Waals surface area contributed by atoms with Gasteiger partial charge in [-0.3, -0.25) is 4.79 Å². The number of halogens is 1. The largest absolute Gasteiger partial charge is 0.294 e. The lowest BCUT2D eigenvalue weighted by molar-refractivity contribution is 0.0993. The fraction of sp³-hybridized carbons (Fsp3) is 0.300.